The van der Waals surface area contributed by atoms with Crippen LogP contribution in [0.15, 0.2) is 84.9 Å². The van der Waals surface area contributed by atoms with Gasteiger partial charge in [-0.25, -0.2) is 0 Å². The summed E-state index contributed by atoms with van der Waals surface area (Å²) in [4.78, 5) is 11.5. The Kier molecular flexibility index (Phi) is 10.9. The van der Waals surface area contributed by atoms with Crippen molar-refractivity contribution in [2.45, 2.75) is 65.2 Å². The van der Waals surface area contributed by atoms with E-state index < -0.39 is 8.32 Å². The summed E-state index contributed by atoms with van der Waals surface area (Å²) in [6, 6.07) is 29.4. The van der Waals surface area contributed by atoms with E-state index >= 15 is 0 Å². The zero-order valence-corrected chi connectivity index (χ0v) is 24.9. The molecule has 0 fully saturated rings. The summed E-state index contributed by atoms with van der Waals surface area (Å²) in [6.45, 7) is 12.5. The number of carbonyl (C=O) groups is 1. The molecule has 4 nitrogen and oxygen atoms in total. The molecular formula is C33H44O4Si. The smallest absolute Gasteiger partial charge is 0.261 e. The Labute approximate surface area is 230 Å². The van der Waals surface area contributed by atoms with Gasteiger partial charge in [-0.1, -0.05) is 107 Å². The van der Waals surface area contributed by atoms with Gasteiger partial charge in [0.25, 0.3) is 8.32 Å². The third kappa shape index (κ3) is 7.43. The molecule has 0 N–H and O–H groups in total. The quantitative estimate of drug-likeness (QED) is 0.178. The lowest BCUT2D eigenvalue weighted by Crippen LogP contribution is -2.66. The third-order valence-electron chi connectivity index (χ3n) is 7.36. The Morgan fingerprint density at radius 2 is 1.39 bits per heavy atom. The second-order valence-corrected chi connectivity index (χ2v) is 15.7. The van der Waals surface area contributed by atoms with Crippen molar-refractivity contribution in [3.05, 3.63) is 90.5 Å². The minimum Gasteiger partial charge on any atom is -0.497 e. The SMILES string of the molecule is COc1ccc(CO[C@H](CC=O)[C@H](C)C[C@H](C)CO[Si](c2ccccc2)(c2ccccc2)C(C)(C)C)cc1. The van der Waals surface area contributed by atoms with E-state index in [1.165, 1.54) is 10.4 Å². The molecule has 3 aromatic carbocycles. The summed E-state index contributed by atoms with van der Waals surface area (Å²) in [5.41, 5.74) is 1.07. The highest BCUT2D eigenvalue weighted by molar-refractivity contribution is 6.99. The first-order valence-electron chi connectivity index (χ1n) is 13.6. The lowest BCUT2D eigenvalue weighted by Gasteiger charge is -2.43. The van der Waals surface area contributed by atoms with Crippen LogP contribution in [0.25, 0.3) is 0 Å². The van der Waals surface area contributed by atoms with E-state index in [0.717, 1.165) is 24.0 Å². The van der Waals surface area contributed by atoms with Crippen LogP contribution in [0.3, 0.4) is 0 Å². The Bertz CT molecular complexity index is 1050. The van der Waals surface area contributed by atoms with Crippen molar-refractivity contribution in [3.8, 4) is 5.75 Å². The molecule has 204 valence electrons. The van der Waals surface area contributed by atoms with Crippen molar-refractivity contribution >= 4 is 25.0 Å². The Morgan fingerprint density at radius 3 is 1.87 bits per heavy atom. The van der Waals surface area contributed by atoms with Crippen LogP contribution in [0, 0.1) is 11.8 Å². The van der Waals surface area contributed by atoms with E-state index in [0.29, 0.717) is 25.6 Å². The molecule has 0 aliphatic heterocycles. The Balaban J connectivity index is 1.72. The predicted octanol–water partition coefficient (Wildman–Crippen LogP) is 6.41. The normalized spacial score (nSPS) is 14.5. The van der Waals surface area contributed by atoms with Gasteiger partial charge >= 0.3 is 0 Å². The topological polar surface area (TPSA) is 44.8 Å². The van der Waals surface area contributed by atoms with E-state index in [2.05, 4.69) is 95.3 Å². The first kappa shape index (κ1) is 29.8. The van der Waals surface area contributed by atoms with Crippen LogP contribution in [-0.4, -0.2) is 34.4 Å². The molecule has 38 heavy (non-hydrogen) atoms. The van der Waals surface area contributed by atoms with Crippen molar-refractivity contribution < 1.29 is 18.7 Å². The number of hydrogen-bond donors (Lipinski definition) is 0. The van der Waals surface area contributed by atoms with Crippen molar-refractivity contribution in [1.29, 1.82) is 0 Å². The molecule has 3 atom stereocenters. The molecule has 0 spiro atoms. The largest absolute Gasteiger partial charge is 0.497 e. The van der Waals surface area contributed by atoms with Gasteiger partial charge in [0.2, 0.25) is 0 Å². The maximum absolute atomic E-state index is 11.5. The number of carbonyl (C=O) groups excluding carboxylic acids is 1. The maximum Gasteiger partial charge on any atom is 0.261 e. The van der Waals surface area contributed by atoms with Gasteiger partial charge in [-0.05, 0) is 51.4 Å². The lowest BCUT2D eigenvalue weighted by atomic mass is 9.92. The average molecular weight is 533 g/mol. The van der Waals surface area contributed by atoms with Gasteiger partial charge in [0, 0.05) is 13.0 Å². The molecule has 0 saturated carbocycles. The highest BCUT2D eigenvalue weighted by Gasteiger charge is 2.50. The summed E-state index contributed by atoms with van der Waals surface area (Å²) in [5.74, 6) is 1.35. The van der Waals surface area contributed by atoms with Gasteiger partial charge in [0.1, 0.15) is 12.0 Å². The van der Waals surface area contributed by atoms with Gasteiger partial charge in [0.15, 0.2) is 0 Å². The van der Waals surface area contributed by atoms with Crippen molar-refractivity contribution in [3.63, 3.8) is 0 Å². The highest BCUT2D eigenvalue weighted by atomic mass is 28.4. The molecule has 0 saturated heterocycles. The fourth-order valence-corrected chi connectivity index (χ4v) is 10.1. The molecule has 0 heterocycles. The number of methoxy groups -OCH3 is 1. The van der Waals surface area contributed by atoms with Crippen molar-refractivity contribution in [2.75, 3.05) is 13.7 Å². The van der Waals surface area contributed by atoms with Gasteiger partial charge in [0.05, 0.1) is 19.8 Å². The fraction of sp³-hybridized carbons (Fsp3) is 0.424. The standard InChI is InChI=1S/C33H44O4Si/c1-26(23-27(2)32(21-22-34)36-25-28-17-19-29(35-6)20-18-28)24-37-38(33(3,4)5,30-13-9-7-10-14-30)31-15-11-8-12-16-31/h7-20,22,26-27,32H,21,23-25H2,1-6H3/t26-,27+,32+/m0/s1. The van der Waals surface area contributed by atoms with Crippen LogP contribution in [0.2, 0.25) is 5.04 Å². The van der Waals surface area contributed by atoms with Crippen LogP contribution in [-0.2, 0) is 20.6 Å². The van der Waals surface area contributed by atoms with Crippen LogP contribution in [0.5, 0.6) is 5.75 Å². The first-order chi connectivity index (χ1) is 18.2. The summed E-state index contributed by atoms with van der Waals surface area (Å²) in [6.07, 6.45) is 2.14. The maximum atomic E-state index is 11.5. The number of ether oxygens (including phenoxy) is 2. The Hall–Kier alpha value is -2.73. The highest BCUT2D eigenvalue weighted by Crippen LogP contribution is 2.37. The van der Waals surface area contributed by atoms with Crippen molar-refractivity contribution in [1.82, 2.24) is 0 Å². The number of aldehydes is 1. The summed E-state index contributed by atoms with van der Waals surface area (Å²) >= 11 is 0. The lowest BCUT2D eigenvalue weighted by molar-refractivity contribution is -0.112. The minimum atomic E-state index is -2.57. The Morgan fingerprint density at radius 1 is 0.842 bits per heavy atom. The molecule has 0 radical (unpaired) electrons. The zero-order chi connectivity index (χ0) is 27.6. The van der Waals surface area contributed by atoms with E-state index in [1.54, 1.807) is 7.11 Å². The molecular weight excluding hydrogens is 488 g/mol. The van der Waals surface area contributed by atoms with Crippen LogP contribution in [0.4, 0.5) is 0 Å². The summed E-state index contributed by atoms with van der Waals surface area (Å²) < 4.78 is 18.6. The molecule has 3 rings (SSSR count). The molecule has 5 heteroatoms. The van der Waals surface area contributed by atoms with Gasteiger partial charge < -0.3 is 18.7 Å². The molecule has 0 aromatic heterocycles. The van der Waals surface area contributed by atoms with Crippen molar-refractivity contribution in [2.24, 2.45) is 11.8 Å². The molecule has 0 amide bonds. The summed E-state index contributed by atoms with van der Waals surface area (Å²) in [7, 11) is -0.912. The van der Waals surface area contributed by atoms with Gasteiger partial charge in [-0.15, -0.1) is 0 Å². The monoisotopic (exact) mass is 532 g/mol. The molecule has 0 bridgehead atoms. The van der Waals surface area contributed by atoms with E-state index in [4.69, 9.17) is 13.9 Å². The number of rotatable bonds is 14. The summed E-state index contributed by atoms with van der Waals surface area (Å²) in [5, 5.41) is 2.53. The number of benzene rings is 3. The average Bonchev–Trinajstić information content (AvgIpc) is 2.92. The van der Waals surface area contributed by atoms with E-state index in [9.17, 15) is 4.79 Å². The van der Waals surface area contributed by atoms with E-state index in [1.807, 2.05) is 24.3 Å². The second kappa shape index (κ2) is 13.9. The molecule has 0 unspecified atom stereocenters. The van der Waals surface area contributed by atoms with Crippen LogP contribution < -0.4 is 15.1 Å². The molecule has 3 aromatic rings. The minimum absolute atomic E-state index is 0.0530. The third-order valence-corrected chi connectivity index (χ3v) is 12.4. The zero-order valence-electron chi connectivity index (χ0n) is 23.9. The van der Waals surface area contributed by atoms with Gasteiger partial charge in [-0.2, -0.15) is 0 Å². The van der Waals surface area contributed by atoms with E-state index in [-0.39, 0.29) is 17.1 Å². The number of hydrogen-bond acceptors (Lipinski definition) is 4. The van der Waals surface area contributed by atoms with Crippen LogP contribution >= 0.6 is 0 Å². The molecule has 0 aliphatic rings. The molecule has 0 aliphatic carbocycles. The first-order valence-corrected chi connectivity index (χ1v) is 15.5. The fourth-order valence-electron chi connectivity index (χ4n) is 5.37. The predicted molar refractivity (Wildman–Crippen MR) is 159 cm³/mol. The van der Waals surface area contributed by atoms with Crippen LogP contribution in [0.1, 0.15) is 53.0 Å². The second-order valence-electron chi connectivity index (χ2n) is 11.4. The van der Waals surface area contributed by atoms with Gasteiger partial charge in [-0.3, -0.25) is 0 Å².